The van der Waals surface area contributed by atoms with Crippen molar-refractivity contribution in [1.82, 2.24) is 8.87 Å². The summed E-state index contributed by atoms with van der Waals surface area (Å²) >= 11 is 0. The monoisotopic (exact) mass is 442 g/mol. The van der Waals surface area contributed by atoms with Gasteiger partial charge < -0.3 is 18.8 Å². The molecule has 0 bridgehead atoms. The second kappa shape index (κ2) is 9.23. The highest BCUT2D eigenvalue weighted by Crippen LogP contribution is 2.29. The Morgan fingerprint density at radius 2 is 1.68 bits per heavy atom. The van der Waals surface area contributed by atoms with E-state index in [1.54, 1.807) is 12.1 Å². The molecular weight excluding hydrogens is 416 g/mol. The number of nitrogens with zero attached hydrogens (tertiary/aromatic N) is 2. The second-order valence-corrected chi connectivity index (χ2v) is 9.57. The van der Waals surface area contributed by atoms with Crippen LogP contribution in [0.1, 0.15) is 5.76 Å². The molecule has 0 aliphatic rings. The minimum absolute atomic E-state index is 0.0480. The highest BCUT2D eigenvalue weighted by atomic mass is 32.2. The molecule has 0 aliphatic heterocycles. The summed E-state index contributed by atoms with van der Waals surface area (Å²) in [6.45, 7) is 0.360. The SMILES string of the molecule is COCCS(=O)(=O)N(Cc1ccco1)CC(O)Cn1c2ccccc2c2ccccc21. The molecule has 0 saturated carbocycles. The molecule has 31 heavy (non-hydrogen) atoms. The first-order valence-electron chi connectivity index (χ1n) is 10.1. The van der Waals surface area contributed by atoms with E-state index in [2.05, 4.69) is 12.1 Å². The molecule has 2 aromatic heterocycles. The van der Waals surface area contributed by atoms with Crippen LogP contribution in [0.5, 0.6) is 0 Å². The number of aliphatic hydroxyl groups is 1. The van der Waals surface area contributed by atoms with E-state index in [1.165, 1.54) is 17.7 Å². The van der Waals surface area contributed by atoms with E-state index < -0.39 is 16.1 Å². The number of benzene rings is 2. The number of para-hydroxylation sites is 2. The van der Waals surface area contributed by atoms with E-state index in [1.807, 2.05) is 41.0 Å². The van der Waals surface area contributed by atoms with Crippen LogP contribution in [0.2, 0.25) is 0 Å². The molecule has 2 heterocycles. The largest absolute Gasteiger partial charge is 0.468 e. The highest BCUT2D eigenvalue weighted by molar-refractivity contribution is 7.89. The zero-order chi connectivity index (χ0) is 21.8. The number of aromatic nitrogens is 1. The van der Waals surface area contributed by atoms with Gasteiger partial charge in [-0.15, -0.1) is 0 Å². The summed E-state index contributed by atoms with van der Waals surface area (Å²) in [5.41, 5.74) is 2.00. The lowest BCUT2D eigenvalue weighted by atomic mass is 10.2. The quantitative estimate of drug-likeness (QED) is 0.408. The Morgan fingerprint density at radius 3 is 2.26 bits per heavy atom. The van der Waals surface area contributed by atoms with E-state index >= 15 is 0 Å². The van der Waals surface area contributed by atoms with Crippen molar-refractivity contribution in [2.45, 2.75) is 19.2 Å². The third kappa shape index (κ3) is 4.67. The number of furan rings is 1. The van der Waals surface area contributed by atoms with Gasteiger partial charge in [-0.2, -0.15) is 4.31 Å². The number of hydrogen-bond donors (Lipinski definition) is 1. The predicted octanol–water partition coefficient (Wildman–Crippen LogP) is 3.23. The number of methoxy groups -OCH3 is 1. The van der Waals surface area contributed by atoms with E-state index in [4.69, 9.17) is 9.15 Å². The molecule has 0 saturated heterocycles. The fourth-order valence-corrected chi connectivity index (χ4v) is 5.23. The van der Waals surface area contributed by atoms with Crippen LogP contribution < -0.4 is 0 Å². The van der Waals surface area contributed by atoms with Crippen LogP contribution in [0.3, 0.4) is 0 Å². The van der Waals surface area contributed by atoms with Gasteiger partial charge in [-0.25, -0.2) is 8.42 Å². The molecular formula is C23H26N2O5S. The Bertz CT molecular complexity index is 1190. The van der Waals surface area contributed by atoms with Crippen LogP contribution in [0, 0.1) is 0 Å². The van der Waals surface area contributed by atoms with Gasteiger partial charge in [0.05, 0.1) is 37.8 Å². The first-order chi connectivity index (χ1) is 15.0. The molecule has 1 N–H and O–H groups in total. The molecule has 0 spiro atoms. The maximum atomic E-state index is 12.9. The number of fused-ring (bicyclic) bond motifs is 3. The van der Waals surface area contributed by atoms with Crippen molar-refractivity contribution < 1.29 is 22.7 Å². The molecule has 0 aliphatic carbocycles. The van der Waals surface area contributed by atoms with Gasteiger partial charge in [0.25, 0.3) is 0 Å². The van der Waals surface area contributed by atoms with Crippen molar-refractivity contribution in [3.05, 3.63) is 72.7 Å². The van der Waals surface area contributed by atoms with Crippen LogP contribution in [0.25, 0.3) is 21.8 Å². The molecule has 7 nitrogen and oxygen atoms in total. The first kappa shape index (κ1) is 21.6. The van der Waals surface area contributed by atoms with Crippen LogP contribution in [-0.4, -0.2) is 54.5 Å². The minimum atomic E-state index is -3.64. The van der Waals surface area contributed by atoms with Crippen LogP contribution in [0.4, 0.5) is 0 Å². The van der Waals surface area contributed by atoms with Gasteiger partial charge in [-0.05, 0) is 24.3 Å². The zero-order valence-corrected chi connectivity index (χ0v) is 18.2. The molecule has 0 radical (unpaired) electrons. The number of hydrogen-bond acceptors (Lipinski definition) is 5. The molecule has 0 amide bonds. The summed E-state index contributed by atoms with van der Waals surface area (Å²) in [6, 6.07) is 19.5. The van der Waals surface area contributed by atoms with E-state index in [0.717, 1.165) is 21.8 Å². The smallest absolute Gasteiger partial charge is 0.216 e. The normalized spacial score (nSPS) is 13.4. The lowest BCUT2D eigenvalue weighted by Gasteiger charge is -2.24. The van der Waals surface area contributed by atoms with Crippen LogP contribution >= 0.6 is 0 Å². The fourth-order valence-electron chi connectivity index (χ4n) is 3.87. The molecule has 4 rings (SSSR count). The fraction of sp³-hybridized carbons (Fsp3) is 0.304. The summed E-state index contributed by atoms with van der Waals surface area (Å²) in [6.07, 6.45) is 0.593. The molecule has 2 aromatic carbocycles. The molecule has 164 valence electrons. The third-order valence-corrected chi connectivity index (χ3v) is 7.09. The average Bonchev–Trinajstić information content (AvgIpc) is 3.39. The summed E-state index contributed by atoms with van der Waals surface area (Å²) in [7, 11) is -2.18. The van der Waals surface area contributed by atoms with Crippen molar-refractivity contribution >= 4 is 31.8 Å². The summed E-state index contributed by atoms with van der Waals surface area (Å²) in [5.74, 6) is 0.358. The standard InChI is InChI=1S/C23H26N2O5S/c1-29-13-14-31(27,28)24(17-19-7-6-12-30-19)15-18(26)16-25-22-10-4-2-8-20(22)21-9-3-5-11-23(21)25/h2-12,18,26H,13-17H2,1H3. The Hall–Kier alpha value is -2.65. The van der Waals surface area contributed by atoms with Crippen molar-refractivity contribution in [3.63, 3.8) is 0 Å². The van der Waals surface area contributed by atoms with Crippen molar-refractivity contribution in [3.8, 4) is 0 Å². The molecule has 1 atom stereocenters. The van der Waals surface area contributed by atoms with Gasteiger partial charge in [0.15, 0.2) is 0 Å². The zero-order valence-electron chi connectivity index (χ0n) is 17.3. The van der Waals surface area contributed by atoms with Crippen molar-refractivity contribution in [1.29, 1.82) is 0 Å². The van der Waals surface area contributed by atoms with Gasteiger partial charge >= 0.3 is 0 Å². The van der Waals surface area contributed by atoms with Crippen molar-refractivity contribution in [2.24, 2.45) is 0 Å². The van der Waals surface area contributed by atoms with Crippen LogP contribution in [0.15, 0.2) is 71.3 Å². The Kier molecular flexibility index (Phi) is 6.43. The molecule has 4 aromatic rings. The van der Waals surface area contributed by atoms with E-state index in [9.17, 15) is 13.5 Å². The van der Waals surface area contributed by atoms with Gasteiger partial charge in [0, 0.05) is 35.5 Å². The topological polar surface area (TPSA) is 84.9 Å². The summed E-state index contributed by atoms with van der Waals surface area (Å²) < 4.78 is 39.3. The van der Waals surface area contributed by atoms with Gasteiger partial charge in [0.2, 0.25) is 10.0 Å². The summed E-state index contributed by atoms with van der Waals surface area (Å²) in [5, 5.41) is 13.1. The number of aliphatic hydroxyl groups excluding tert-OH is 1. The average molecular weight is 443 g/mol. The molecule has 0 fully saturated rings. The maximum Gasteiger partial charge on any atom is 0.216 e. The van der Waals surface area contributed by atoms with E-state index in [-0.39, 0.29) is 32.0 Å². The van der Waals surface area contributed by atoms with Gasteiger partial charge in [-0.3, -0.25) is 0 Å². The Morgan fingerprint density at radius 1 is 1.03 bits per heavy atom. The number of rotatable bonds is 10. The Labute approximate surface area is 181 Å². The first-order valence-corrected chi connectivity index (χ1v) is 11.7. The summed E-state index contributed by atoms with van der Waals surface area (Å²) in [4.78, 5) is 0. The van der Waals surface area contributed by atoms with Gasteiger partial charge in [-0.1, -0.05) is 36.4 Å². The van der Waals surface area contributed by atoms with Crippen molar-refractivity contribution in [2.75, 3.05) is 26.0 Å². The number of sulfonamides is 1. The second-order valence-electron chi connectivity index (χ2n) is 7.48. The Balaban J connectivity index is 1.61. The lowest BCUT2D eigenvalue weighted by molar-refractivity contribution is 0.126. The molecule has 1 unspecified atom stereocenters. The van der Waals surface area contributed by atoms with Gasteiger partial charge in [0.1, 0.15) is 5.76 Å². The predicted molar refractivity (Wildman–Crippen MR) is 120 cm³/mol. The van der Waals surface area contributed by atoms with E-state index in [0.29, 0.717) is 5.76 Å². The van der Waals surface area contributed by atoms with Crippen LogP contribution in [-0.2, 0) is 27.8 Å². The lowest BCUT2D eigenvalue weighted by Crippen LogP contribution is -2.40. The molecule has 8 heteroatoms. The minimum Gasteiger partial charge on any atom is -0.468 e. The number of ether oxygens (including phenoxy) is 1. The maximum absolute atomic E-state index is 12.9. The highest BCUT2D eigenvalue weighted by Gasteiger charge is 2.26. The third-order valence-electron chi connectivity index (χ3n) is 5.34.